The van der Waals surface area contributed by atoms with Crippen LogP contribution in [0, 0.1) is 0 Å². The topological polar surface area (TPSA) is 80.7 Å². The van der Waals surface area contributed by atoms with Crippen molar-refractivity contribution in [2.75, 3.05) is 5.32 Å². The molecule has 0 radical (unpaired) electrons. The summed E-state index contributed by atoms with van der Waals surface area (Å²) in [5.74, 6) is 0.207. The van der Waals surface area contributed by atoms with E-state index < -0.39 is 12.3 Å². The van der Waals surface area contributed by atoms with Gasteiger partial charge in [0.15, 0.2) is 5.82 Å². The standard InChI is InChI=1S/C18H11F2N5OS/c19-14(20)12-5-4-10(9-22-12)17(26)24-15-11-6-8-27-18(11)25-16(23-15)13-3-1-2-7-21-13/h1-9,14H,(H,23,24,25,26). The third kappa shape index (κ3) is 3.49. The predicted octanol–water partition coefficient (Wildman–Crippen LogP) is 4.34. The third-order valence-corrected chi connectivity index (χ3v) is 4.53. The third-order valence-electron chi connectivity index (χ3n) is 3.72. The second-order valence-corrected chi connectivity index (χ2v) is 6.37. The fourth-order valence-corrected chi connectivity index (χ4v) is 3.17. The molecule has 4 aromatic heterocycles. The number of carbonyl (C=O) groups is 1. The normalized spacial score (nSPS) is 11.1. The van der Waals surface area contributed by atoms with E-state index in [1.54, 1.807) is 24.4 Å². The molecule has 0 fully saturated rings. The number of carbonyl (C=O) groups excluding carboxylic acids is 1. The van der Waals surface area contributed by atoms with Crippen LogP contribution in [-0.2, 0) is 0 Å². The van der Waals surface area contributed by atoms with Crippen LogP contribution >= 0.6 is 11.3 Å². The number of halogens is 2. The van der Waals surface area contributed by atoms with Crippen LogP contribution in [-0.4, -0.2) is 25.8 Å². The maximum Gasteiger partial charge on any atom is 0.280 e. The fourth-order valence-electron chi connectivity index (χ4n) is 2.41. The van der Waals surface area contributed by atoms with Crippen molar-refractivity contribution in [2.45, 2.75) is 6.43 Å². The molecule has 0 aliphatic rings. The number of hydrogen-bond donors (Lipinski definition) is 1. The van der Waals surface area contributed by atoms with Gasteiger partial charge < -0.3 is 5.32 Å². The van der Waals surface area contributed by atoms with Crippen molar-refractivity contribution in [1.82, 2.24) is 19.9 Å². The summed E-state index contributed by atoms with van der Waals surface area (Å²) in [7, 11) is 0. The number of alkyl halides is 2. The van der Waals surface area contributed by atoms with Gasteiger partial charge in [0.1, 0.15) is 22.0 Å². The summed E-state index contributed by atoms with van der Waals surface area (Å²) in [5, 5.41) is 5.24. The summed E-state index contributed by atoms with van der Waals surface area (Å²) in [5.41, 5.74) is 0.346. The Morgan fingerprint density at radius 2 is 1.96 bits per heavy atom. The lowest BCUT2D eigenvalue weighted by atomic mass is 10.2. The minimum atomic E-state index is -2.68. The molecule has 4 aromatic rings. The molecule has 0 aliphatic carbocycles. The van der Waals surface area contributed by atoms with E-state index >= 15 is 0 Å². The molecular formula is C18H11F2N5OS. The Morgan fingerprint density at radius 1 is 1.07 bits per heavy atom. The highest BCUT2D eigenvalue weighted by atomic mass is 32.1. The monoisotopic (exact) mass is 383 g/mol. The van der Waals surface area contributed by atoms with Gasteiger partial charge in [-0.05, 0) is 35.7 Å². The Kier molecular flexibility index (Phi) is 4.51. The minimum Gasteiger partial charge on any atom is -0.306 e. The van der Waals surface area contributed by atoms with Gasteiger partial charge in [-0.25, -0.2) is 18.7 Å². The lowest BCUT2D eigenvalue weighted by molar-refractivity contribution is 0.102. The van der Waals surface area contributed by atoms with Crippen molar-refractivity contribution < 1.29 is 13.6 Å². The smallest absolute Gasteiger partial charge is 0.280 e. The molecule has 0 atom stereocenters. The number of anilines is 1. The van der Waals surface area contributed by atoms with Gasteiger partial charge in [-0.3, -0.25) is 14.8 Å². The molecule has 1 amide bonds. The number of nitrogens with zero attached hydrogens (tertiary/aromatic N) is 4. The zero-order valence-electron chi connectivity index (χ0n) is 13.6. The Morgan fingerprint density at radius 3 is 2.67 bits per heavy atom. The van der Waals surface area contributed by atoms with Crippen LogP contribution in [0.3, 0.4) is 0 Å². The highest BCUT2D eigenvalue weighted by Gasteiger charge is 2.16. The second kappa shape index (κ2) is 7.12. The summed E-state index contributed by atoms with van der Waals surface area (Å²) in [6.07, 6.45) is 0.0595. The molecule has 0 bridgehead atoms. The average molecular weight is 383 g/mol. The van der Waals surface area contributed by atoms with Crippen LogP contribution in [0.1, 0.15) is 22.5 Å². The molecule has 134 valence electrons. The van der Waals surface area contributed by atoms with Gasteiger partial charge in [-0.2, -0.15) is 0 Å². The lowest BCUT2D eigenvalue weighted by Gasteiger charge is -2.08. The zero-order chi connectivity index (χ0) is 18.8. The molecule has 27 heavy (non-hydrogen) atoms. The fraction of sp³-hybridized carbons (Fsp3) is 0.0556. The van der Waals surface area contributed by atoms with Gasteiger partial charge in [0.05, 0.1) is 10.9 Å². The van der Waals surface area contributed by atoms with Gasteiger partial charge in [0.2, 0.25) is 0 Å². The molecule has 6 nitrogen and oxygen atoms in total. The average Bonchev–Trinajstić information content (AvgIpc) is 3.17. The Labute approximate surface area is 156 Å². The van der Waals surface area contributed by atoms with E-state index in [0.29, 0.717) is 27.6 Å². The molecule has 0 aromatic carbocycles. The highest BCUT2D eigenvalue weighted by Crippen LogP contribution is 2.28. The molecule has 4 heterocycles. The van der Waals surface area contributed by atoms with Crippen LogP contribution in [0.2, 0.25) is 0 Å². The lowest BCUT2D eigenvalue weighted by Crippen LogP contribution is -2.14. The molecule has 1 N–H and O–H groups in total. The van der Waals surface area contributed by atoms with Crippen molar-refractivity contribution in [3.63, 3.8) is 0 Å². The number of pyridine rings is 2. The number of hydrogen-bond acceptors (Lipinski definition) is 6. The first-order chi connectivity index (χ1) is 13.1. The van der Waals surface area contributed by atoms with Crippen molar-refractivity contribution in [3.8, 4) is 11.5 Å². The molecule has 0 saturated carbocycles. The first-order valence-corrected chi connectivity index (χ1v) is 8.72. The molecule has 9 heteroatoms. The van der Waals surface area contributed by atoms with Gasteiger partial charge in [0, 0.05) is 12.4 Å². The van der Waals surface area contributed by atoms with Crippen LogP contribution in [0.5, 0.6) is 0 Å². The van der Waals surface area contributed by atoms with Crippen LogP contribution < -0.4 is 5.32 Å². The van der Waals surface area contributed by atoms with Crippen LogP contribution in [0.4, 0.5) is 14.6 Å². The predicted molar refractivity (Wildman–Crippen MR) is 97.8 cm³/mol. The van der Waals surface area contributed by atoms with Crippen molar-refractivity contribution in [1.29, 1.82) is 0 Å². The van der Waals surface area contributed by atoms with Gasteiger partial charge in [-0.1, -0.05) is 6.07 Å². The number of rotatable bonds is 4. The van der Waals surface area contributed by atoms with Crippen molar-refractivity contribution >= 4 is 33.3 Å². The zero-order valence-corrected chi connectivity index (χ0v) is 14.5. The van der Waals surface area contributed by atoms with Gasteiger partial charge in [0.25, 0.3) is 12.3 Å². The molecular weight excluding hydrogens is 372 g/mol. The van der Waals surface area contributed by atoms with E-state index in [9.17, 15) is 13.6 Å². The first kappa shape index (κ1) is 17.1. The van der Waals surface area contributed by atoms with Crippen LogP contribution in [0.15, 0.2) is 54.2 Å². The van der Waals surface area contributed by atoms with Crippen molar-refractivity contribution in [3.05, 3.63) is 65.4 Å². The van der Waals surface area contributed by atoms with E-state index in [2.05, 4.69) is 25.3 Å². The number of fused-ring (bicyclic) bond motifs is 1. The highest BCUT2D eigenvalue weighted by molar-refractivity contribution is 7.16. The number of aromatic nitrogens is 4. The van der Waals surface area contributed by atoms with Gasteiger partial charge in [-0.15, -0.1) is 11.3 Å². The summed E-state index contributed by atoms with van der Waals surface area (Å²) < 4.78 is 25.2. The van der Waals surface area contributed by atoms with Crippen LogP contribution in [0.25, 0.3) is 21.7 Å². The molecule has 0 spiro atoms. The maximum absolute atomic E-state index is 12.6. The van der Waals surface area contributed by atoms with E-state index in [-0.39, 0.29) is 11.3 Å². The van der Waals surface area contributed by atoms with E-state index in [1.807, 2.05) is 11.4 Å². The largest absolute Gasteiger partial charge is 0.306 e. The van der Waals surface area contributed by atoms with E-state index in [4.69, 9.17) is 0 Å². The Balaban J connectivity index is 1.68. The summed E-state index contributed by atoms with van der Waals surface area (Å²) in [4.78, 5) is 29.9. The molecule has 0 unspecified atom stereocenters. The molecule has 4 rings (SSSR count). The van der Waals surface area contributed by atoms with E-state index in [1.165, 1.54) is 17.4 Å². The number of thiophene rings is 1. The van der Waals surface area contributed by atoms with Crippen molar-refractivity contribution in [2.24, 2.45) is 0 Å². The summed E-state index contributed by atoms with van der Waals surface area (Å²) in [6, 6.07) is 9.60. The molecule has 0 aliphatic heterocycles. The molecule has 0 saturated heterocycles. The Hall–Kier alpha value is -3.33. The minimum absolute atomic E-state index is 0.153. The quantitative estimate of drug-likeness (QED) is 0.567. The second-order valence-electron chi connectivity index (χ2n) is 5.48. The van der Waals surface area contributed by atoms with E-state index in [0.717, 1.165) is 12.3 Å². The SMILES string of the molecule is O=C(Nc1nc(-c2ccccn2)nc2sccc12)c1ccc(C(F)F)nc1. The van der Waals surface area contributed by atoms with Gasteiger partial charge >= 0.3 is 0 Å². The summed E-state index contributed by atoms with van der Waals surface area (Å²) >= 11 is 1.41. The Bertz CT molecular complexity index is 1100. The first-order valence-electron chi connectivity index (χ1n) is 7.84. The maximum atomic E-state index is 12.6. The summed E-state index contributed by atoms with van der Waals surface area (Å²) in [6.45, 7) is 0. The number of amides is 1. The number of nitrogens with one attached hydrogen (secondary N) is 1.